The summed E-state index contributed by atoms with van der Waals surface area (Å²) in [6, 6.07) is 3.87. The summed E-state index contributed by atoms with van der Waals surface area (Å²) >= 11 is 0. The van der Waals surface area contributed by atoms with Gasteiger partial charge in [-0.1, -0.05) is 6.07 Å². The summed E-state index contributed by atoms with van der Waals surface area (Å²) in [5.74, 6) is 0.162. The van der Waals surface area contributed by atoms with Gasteiger partial charge in [-0.05, 0) is 30.9 Å². The number of aryl methyl sites for hydroxylation is 1. The summed E-state index contributed by atoms with van der Waals surface area (Å²) in [5, 5.41) is 19.1. The van der Waals surface area contributed by atoms with E-state index in [1.807, 2.05) is 17.0 Å². The molecular formula is C18H26N2O4. The molecule has 2 N–H and O–H groups in total. The van der Waals surface area contributed by atoms with Gasteiger partial charge in [0.25, 0.3) is 0 Å². The Bertz CT molecular complexity index is 543. The zero-order chi connectivity index (χ0) is 17.0. The molecule has 1 aliphatic carbocycles. The highest BCUT2D eigenvalue weighted by molar-refractivity contribution is 5.76. The number of aromatic nitrogens is 1. The van der Waals surface area contributed by atoms with Crippen LogP contribution in [0.5, 0.6) is 0 Å². The number of amides is 1. The molecule has 2 fully saturated rings. The summed E-state index contributed by atoms with van der Waals surface area (Å²) in [5.41, 5.74) is 0.848. The number of hydrogen-bond donors (Lipinski definition) is 2. The van der Waals surface area contributed by atoms with Crippen molar-refractivity contribution in [1.82, 2.24) is 9.88 Å². The molecule has 1 aromatic rings. The van der Waals surface area contributed by atoms with Crippen molar-refractivity contribution in [3.8, 4) is 0 Å². The Morgan fingerprint density at radius 1 is 1.42 bits per heavy atom. The van der Waals surface area contributed by atoms with Crippen molar-refractivity contribution in [3.63, 3.8) is 0 Å². The second kappa shape index (κ2) is 7.59. The predicted molar refractivity (Wildman–Crippen MR) is 88.3 cm³/mol. The molecular weight excluding hydrogens is 308 g/mol. The molecule has 1 amide bonds. The molecule has 6 nitrogen and oxygen atoms in total. The first-order chi connectivity index (χ1) is 11.7. The Labute approximate surface area is 142 Å². The number of pyridine rings is 1. The van der Waals surface area contributed by atoms with E-state index in [0.29, 0.717) is 39.0 Å². The van der Waals surface area contributed by atoms with Crippen LogP contribution in [0.15, 0.2) is 24.5 Å². The molecule has 1 spiro atoms. The van der Waals surface area contributed by atoms with Crippen molar-refractivity contribution in [3.05, 3.63) is 30.1 Å². The van der Waals surface area contributed by atoms with Crippen molar-refractivity contribution in [2.75, 3.05) is 26.3 Å². The van der Waals surface area contributed by atoms with Crippen molar-refractivity contribution < 1.29 is 19.7 Å². The molecule has 3 rings (SSSR count). The van der Waals surface area contributed by atoms with Crippen LogP contribution in [0.3, 0.4) is 0 Å². The number of likely N-dealkylation sites (tertiary alicyclic amines) is 1. The second-order valence-corrected chi connectivity index (χ2v) is 6.81. The summed E-state index contributed by atoms with van der Waals surface area (Å²) in [6.07, 6.45) is 6.55. The van der Waals surface area contributed by atoms with Crippen molar-refractivity contribution >= 4 is 5.91 Å². The molecule has 1 saturated heterocycles. The van der Waals surface area contributed by atoms with Crippen LogP contribution < -0.4 is 0 Å². The van der Waals surface area contributed by atoms with Crippen LogP contribution in [0.1, 0.15) is 31.2 Å². The maximum atomic E-state index is 12.4. The minimum atomic E-state index is -0.353. The van der Waals surface area contributed by atoms with Gasteiger partial charge in [-0.25, -0.2) is 0 Å². The van der Waals surface area contributed by atoms with Gasteiger partial charge in [0, 0.05) is 43.7 Å². The average molecular weight is 334 g/mol. The molecule has 2 aliphatic rings. The normalized spacial score (nSPS) is 25.5. The van der Waals surface area contributed by atoms with E-state index < -0.39 is 0 Å². The van der Waals surface area contributed by atoms with E-state index in [1.165, 1.54) is 0 Å². The number of aliphatic hydroxyl groups excluding tert-OH is 2. The topological polar surface area (TPSA) is 82.9 Å². The van der Waals surface area contributed by atoms with Crippen molar-refractivity contribution in [2.45, 2.75) is 44.3 Å². The molecule has 6 heteroatoms. The Morgan fingerprint density at radius 3 is 2.83 bits per heavy atom. The first kappa shape index (κ1) is 17.3. The zero-order valence-corrected chi connectivity index (χ0v) is 13.9. The SMILES string of the molecule is O=C(CCc1cccnc1)N1CCC2(CC1)[C@H](O)C[C@@H]2OCCO. The molecule has 132 valence electrons. The van der Waals surface area contributed by atoms with E-state index in [-0.39, 0.29) is 30.1 Å². The lowest BCUT2D eigenvalue weighted by Crippen LogP contribution is -2.62. The molecule has 0 unspecified atom stereocenters. The minimum Gasteiger partial charge on any atom is -0.394 e. The Hall–Kier alpha value is -1.50. The summed E-state index contributed by atoms with van der Waals surface area (Å²) in [6.45, 7) is 1.65. The van der Waals surface area contributed by atoms with Crippen LogP contribution in [-0.4, -0.2) is 64.5 Å². The average Bonchev–Trinajstić information content (AvgIpc) is 2.64. The van der Waals surface area contributed by atoms with E-state index in [2.05, 4.69) is 4.98 Å². The molecule has 1 aliphatic heterocycles. The highest BCUT2D eigenvalue weighted by atomic mass is 16.5. The van der Waals surface area contributed by atoms with E-state index >= 15 is 0 Å². The number of nitrogens with zero attached hydrogens (tertiary/aromatic N) is 2. The number of hydrogen-bond acceptors (Lipinski definition) is 5. The van der Waals surface area contributed by atoms with Gasteiger partial charge < -0.3 is 19.8 Å². The molecule has 0 radical (unpaired) electrons. The van der Waals surface area contributed by atoms with Gasteiger partial charge in [0.15, 0.2) is 0 Å². The third-order valence-corrected chi connectivity index (χ3v) is 5.55. The second-order valence-electron chi connectivity index (χ2n) is 6.81. The van der Waals surface area contributed by atoms with E-state index in [4.69, 9.17) is 9.84 Å². The lowest BCUT2D eigenvalue weighted by molar-refractivity contribution is -0.213. The summed E-state index contributed by atoms with van der Waals surface area (Å²) < 4.78 is 5.67. The van der Waals surface area contributed by atoms with E-state index in [0.717, 1.165) is 18.4 Å². The molecule has 0 bridgehead atoms. The highest BCUT2D eigenvalue weighted by Crippen LogP contribution is 2.50. The number of rotatable bonds is 6. The van der Waals surface area contributed by atoms with Crippen molar-refractivity contribution in [2.24, 2.45) is 5.41 Å². The van der Waals surface area contributed by atoms with Crippen LogP contribution >= 0.6 is 0 Å². The highest BCUT2D eigenvalue weighted by Gasteiger charge is 2.56. The monoisotopic (exact) mass is 334 g/mol. The lowest BCUT2D eigenvalue weighted by atomic mass is 9.58. The Kier molecular flexibility index (Phi) is 5.48. The van der Waals surface area contributed by atoms with Gasteiger partial charge in [0.05, 0.1) is 25.4 Å². The quantitative estimate of drug-likeness (QED) is 0.803. The first-order valence-corrected chi connectivity index (χ1v) is 8.73. The van der Waals surface area contributed by atoms with Crippen LogP contribution in [0.25, 0.3) is 0 Å². The Balaban J connectivity index is 1.48. The van der Waals surface area contributed by atoms with E-state index in [1.54, 1.807) is 12.4 Å². The van der Waals surface area contributed by atoms with E-state index in [9.17, 15) is 9.90 Å². The molecule has 2 atom stereocenters. The predicted octanol–water partition coefficient (Wildman–Crippen LogP) is 0.765. The lowest BCUT2D eigenvalue weighted by Gasteiger charge is -2.56. The van der Waals surface area contributed by atoms with Crippen LogP contribution in [0.2, 0.25) is 0 Å². The number of ether oxygens (including phenoxy) is 1. The van der Waals surface area contributed by atoms with Gasteiger partial charge in [-0.3, -0.25) is 9.78 Å². The Morgan fingerprint density at radius 2 is 2.21 bits per heavy atom. The number of aliphatic hydroxyl groups is 2. The maximum Gasteiger partial charge on any atom is 0.222 e. The van der Waals surface area contributed by atoms with Gasteiger partial charge in [-0.2, -0.15) is 0 Å². The fourth-order valence-corrected chi connectivity index (χ4v) is 3.94. The van der Waals surface area contributed by atoms with Crippen molar-refractivity contribution in [1.29, 1.82) is 0 Å². The van der Waals surface area contributed by atoms with Gasteiger partial charge >= 0.3 is 0 Å². The molecule has 24 heavy (non-hydrogen) atoms. The van der Waals surface area contributed by atoms with Crippen LogP contribution in [-0.2, 0) is 16.0 Å². The van der Waals surface area contributed by atoms with Crippen LogP contribution in [0.4, 0.5) is 0 Å². The zero-order valence-electron chi connectivity index (χ0n) is 13.9. The smallest absolute Gasteiger partial charge is 0.222 e. The van der Waals surface area contributed by atoms with Gasteiger partial charge in [0.1, 0.15) is 0 Å². The fraction of sp³-hybridized carbons (Fsp3) is 0.667. The maximum absolute atomic E-state index is 12.4. The number of piperidine rings is 1. The van der Waals surface area contributed by atoms with Gasteiger partial charge in [-0.15, -0.1) is 0 Å². The largest absolute Gasteiger partial charge is 0.394 e. The van der Waals surface area contributed by atoms with Crippen LogP contribution in [0, 0.1) is 5.41 Å². The summed E-state index contributed by atoms with van der Waals surface area (Å²) in [7, 11) is 0. The number of carbonyl (C=O) groups excluding carboxylic acids is 1. The standard InChI is InChI=1S/C18H26N2O4/c21-10-11-24-16-12-15(22)18(16)5-8-20(9-6-18)17(23)4-3-14-2-1-7-19-13-14/h1-2,7,13,15-16,21-22H,3-6,8-12H2/t15-,16+/m1/s1. The molecule has 1 aromatic heterocycles. The molecule has 1 saturated carbocycles. The van der Waals surface area contributed by atoms with Gasteiger partial charge in [0.2, 0.25) is 5.91 Å². The minimum absolute atomic E-state index is 0.00162. The molecule has 2 heterocycles. The first-order valence-electron chi connectivity index (χ1n) is 8.73. The number of carbonyl (C=O) groups is 1. The third kappa shape index (κ3) is 3.45. The molecule has 0 aromatic carbocycles. The fourth-order valence-electron chi connectivity index (χ4n) is 3.94. The summed E-state index contributed by atoms with van der Waals surface area (Å²) in [4.78, 5) is 18.4. The third-order valence-electron chi connectivity index (χ3n) is 5.55.